The standard InChI is InChI=1S/C46H31NO/c1-4-15-32(16-5-1)35-21-12-23-37(29-35)47(38-24-13-22-36(30-38)33-17-6-2-7-18-33)43-31-42-45-39(34-19-8-3-9-20-34)27-14-28-44(45)48-46(42)41-26-11-10-25-40(41)43/h1-31H/i1D,2D,4D,5D,6D,7D,12D,13D,15D,16D,17D,21D,22D,23D,24D,29D,30D. The average Bonchev–Trinajstić information content (AvgIpc) is 3.69. The Morgan fingerprint density at radius 2 is 1.10 bits per heavy atom. The molecular formula is C46H31NO. The Kier molecular flexibility index (Phi) is 3.79. The van der Waals surface area contributed by atoms with E-state index in [0.717, 1.165) is 22.1 Å². The molecule has 2 heteroatoms. The highest BCUT2D eigenvalue weighted by atomic mass is 16.3. The summed E-state index contributed by atoms with van der Waals surface area (Å²) in [6.07, 6.45) is 0. The van der Waals surface area contributed by atoms with Crippen LogP contribution in [0.4, 0.5) is 17.1 Å². The Balaban J connectivity index is 1.52. The predicted molar refractivity (Wildman–Crippen MR) is 202 cm³/mol. The van der Waals surface area contributed by atoms with Crippen molar-refractivity contribution >= 4 is 49.8 Å². The highest BCUT2D eigenvalue weighted by Crippen LogP contribution is 2.47. The van der Waals surface area contributed by atoms with Gasteiger partial charge in [-0.3, -0.25) is 0 Å². The molecule has 0 spiro atoms. The van der Waals surface area contributed by atoms with Crippen molar-refractivity contribution in [1.82, 2.24) is 0 Å². The molecule has 0 N–H and O–H groups in total. The number of hydrogen-bond acceptors (Lipinski definition) is 2. The van der Waals surface area contributed by atoms with Crippen molar-refractivity contribution in [2.24, 2.45) is 0 Å². The highest BCUT2D eigenvalue weighted by Gasteiger charge is 2.22. The molecule has 0 saturated carbocycles. The van der Waals surface area contributed by atoms with E-state index in [0.29, 0.717) is 32.7 Å². The Morgan fingerprint density at radius 3 is 1.88 bits per heavy atom. The van der Waals surface area contributed by atoms with Gasteiger partial charge in [0.2, 0.25) is 0 Å². The molecule has 1 aromatic heterocycles. The number of fused-ring (bicyclic) bond motifs is 5. The van der Waals surface area contributed by atoms with Crippen molar-refractivity contribution in [1.29, 1.82) is 0 Å². The molecule has 0 aliphatic rings. The Bertz CT molecular complexity index is 3510. The Labute approximate surface area is 303 Å². The van der Waals surface area contributed by atoms with Gasteiger partial charge in [-0.05, 0) is 69.7 Å². The van der Waals surface area contributed by atoms with Crippen LogP contribution in [0.15, 0.2) is 192 Å². The van der Waals surface area contributed by atoms with Crippen LogP contribution >= 0.6 is 0 Å². The van der Waals surface area contributed by atoms with Crippen molar-refractivity contribution in [3.05, 3.63) is 188 Å². The van der Waals surface area contributed by atoms with Crippen LogP contribution in [0.2, 0.25) is 0 Å². The van der Waals surface area contributed by atoms with E-state index in [1.807, 2.05) is 42.5 Å². The lowest BCUT2D eigenvalue weighted by Gasteiger charge is -2.28. The summed E-state index contributed by atoms with van der Waals surface area (Å²) >= 11 is 0. The van der Waals surface area contributed by atoms with Crippen LogP contribution in [-0.2, 0) is 0 Å². The third-order valence-corrected chi connectivity index (χ3v) is 8.05. The summed E-state index contributed by atoms with van der Waals surface area (Å²) in [7, 11) is 0. The minimum atomic E-state index is -0.855. The zero-order valence-electron chi connectivity index (χ0n) is 41.9. The second kappa shape index (κ2) is 11.8. The molecule has 226 valence electrons. The maximum absolute atomic E-state index is 9.84. The molecule has 0 bridgehead atoms. The lowest BCUT2D eigenvalue weighted by atomic mass is 9.96. The second-order valence-corrected chi connectivity index (χ2v) is 10.8. The van der Waals surface area contributed by atoms with Gasteiger partial charge in [-0.2, -0.15) is 0 Å². The van der Waals surface area contributed by atoms with Crippen LogP contribution in [0.3, 0.4) is 0 Å². The molecule has 0 saturated heterocycles. The van der Waals surface area contributed by atoms with E-state index in [2.05, 4.69) is 0 Å². The van der Waals surface area contributed by atoms with Crippen LogP contribution in [0.1, 0.15) is 23.3 Å². The summed E-state index contributed by atoms with van der Waals surface area (Å²) < 4.78 is 158. The molecule has 9 aromatic rings. The zero-order chi connectivity index (χ0) is 46.7. The van der Waals surface area contributed by atoms with E-state index in [4.69, 9.17) is 22.2 Å². The first kappa shape index (κ1) is 15.5. The number of anilines is 3. The molecule has 0 radical (unpaired) electrons. The van der Waals surface area contributed by atoms with E-state index in [1.54, 1.807) is 36.4 Å². The zero-order valence-corrected chi connectivity index (χ0v) is 24.9. The maximum Gasteiger partial charge on any atom is 0.143 e. The van der Waals surface area contributed by atoms with Gasteiger partial charge in [0.25, 0.3) is 0 Å². The van der Waals surface area contributed by atoms with Crippen molar-refractivity contribution < 1.29 is 27.7 Å². The average molecular weight is 631 g/mol. The smallest absolute Gasteiger partial charge is 0.143 e. The molecule has 0 aliphatic carbocycles. The quantitative estimate of drug-likeness (QED) is 0.182. The van der Waals surface area contributed by atoms with Crippen LogP contribution in [-0.4, -0.2) is 0 Å². The Morgan fingerprint density at radius 1 is 0.458 bits per heavy atom. The van der Waals surface area contributed by atoms with Gasteiger partial charge >= 0.3 is 0 Å². The third kappa shape index (κ3) is 4.83. The topological polar surface area (TPSA) is 16.4 Å². The Hall–Kier alpha value is -6.38. The lowest BCUT2D eigenvalue weighted by molar-refractivity contribution is 0.673. The largest absolute Gasteiger partial charge is 0.455 e. The van der Waals surface area contributed by atoms with E-state index < -0.39 is 131 Å². The number of hydrogen-bond donors (Lipinski definition) is 0. The van der Waals surface area contributed by atoms with Gasteiger partial charge in [-0.25, -0.2) is 0 Å². The van der Waals surface area contributed by atoms with Crippen molar-refractivity contribution in [2.45, 2.75) is 0 Å². The third-order valence-electron chi connectivity index (χ3n) is 8.05. The van der Waals surface area contributed by atoms with E-state index in [1.165, 1.54) is 0 Å². The minimum absolute atomic E-state index is 0.0323. The van der Waals surface area contributed by atoms with Crippen LogP contribution in [0.5, 0.6) is 0 Å². The highest BCUT2D eigenvalue weighted by molar-refractivity contribution is 6.22. The summed E-state index contributed by atoms with van der Waals surface area (Å²) in [6, 6.07) is 11.6. The molecule has 0 atom stereocenters. The van der Waals surface area contributed by atoms with Crippen LogP contribution in [0, 0.1) is 0 Å². The molecule has 0 aliphatic heterocycles. The summed E-state index contributed by atoms with van der Waals surface area (Å²) in [5.74, 6) is 0. The summed E-state index contributed by atoms with van der Waals surface area (Å²) in [4.78, 5) is 1.09. The fraction of sp³-hybridized carbons (Fsp3) is 0. The SMILES string of the molecule is [2H]c1cc(-c2c([2H])c([2H])c([2H])c(N(c3c([2H])c([2H])c([2H])c(-c4c([2H])c([2H])c([2H])c([2H])c4[2H])c3[2H])c3cc4c(oc5cccc(-c6ccccc6)c54)c4ccccc34)c2[2H])c([2H])c([2H])c1[2H]. The molecule has 8 aromatic carbocycles. The van der Waals surface area contributed by atoms with Crippen LogP contribution in [0.25, 0.3) is 66.1 Å². The van der Waals surface area contributed by atoms with E-state index >= 15 is 0 Å². The minimum Gasteiger partial charge on any atom is -0.455 e. The number of benzene rings is 8. The van der Waals surface area contributed by atoms with Gasteiger partial charge in [0, 0.05) is 32.9 Å². The first-order valence-corrected chi connectivity index (χ1v) is 15.0. The predicted octanol–water partition coefficient (Wildman–Crippen LogP) is 13.2. The van der Waals surface area contributed by atoms with Gasteiger partial charge < -0.3 is 9.32 Å². The number of furan rings is 1. The molecule has 0 amide bonds. The number of rotatable bonds is 6. The van der Waals surface area contributed by atoms with Crippen molar-refractivity contribution in [3.8, 4) is 33.4 Å². The molecule has 48 heavy (non-hydrogen) atoms. The van der Waals surface area contributed by atoms with Crippen LogP contribution < -0.4 is 4.90 Å². The summed E-state index contributed by atoms with van der Waals surface area (Å²) in [5.41, 5.74) is -0.773. The number of nitrogens with zero attached hydrogens (tertiary/aromatic N) is 1. The fourth-order valence-electron chi connectivity index (χ4n) is 5.96. The maximum atomic E-state index is 9.84. The van der Waals surface area contributed by atoms with E-state index in [9.17, 15) is 5.48 Å². The molecule has 9 rings (SSSR count). The lowest BCUT2D eigenvalue weighted by Crippen LogP contribution is -2.11. The summed E-state index contributed by atoms with van der Waals surface area (Å²) in [6.45, 7) is 0. The first-order valence-electron chi connectivity index (χ1n) is 23.5. The van der Waals surface area contributed by atoms with E-state index in [-0.39, 0.29) is 11.3 Å². The van der Waals surface area contributed by atoms with Gasteiger partial charge in [0.05, 0.1) is 29.0 Å². The van der Waals surface area contributed by atoms with Gasteiger partial charge in [0.1, 0.15) is 11.2 Å². The molecular weight excluding hydrogens is 583 g/mol. The first-order chi connectivity index (χ1) is 30.9. The van der Waals surface area contributed by atoms with Crippen molar-refractivity contribution in [3.63, 3.8) is 0 Å². The van der Waals surface area contributed by atoms with Gasteiger partial charge in [0.15, 0.2) is 0 Å². The van der Waals surface area contributed by atoms with Crippen molar-refractivity contribution in [2.75, 3.05) is 4.90 Å². The van der Waals surface area contributed by atoms with Gasteiger partial charge in [-0.1, -0.05) is 151 Å². The second-order valence-electron chi connectivity index (χ2n) is 10.8. The van der Waals surface area contributed by atoms with Gasteiger partial charge in [-0.15, -0.1) is 0 Å². The molecule has 0 fully saturated rings. The fourth-order valence-corrected chi connectivity index (χ4v) is 5.96. The normalized spacial score (nSPS) is 16.3. The molecule has 0 unspecified atom stereocenters. The molecule has 2 nitrogen and oxygen atoms in total. The molecule has 1 heterocycles. The monoisotopic (exact) mass is 630 g/mol. The summed E-state index contributed by atoms with van der Waals surface area (Å²) in [5, 5.41) is 1.89.